The van der Waals surface area contributed by atoms with Gasteiger partial charge in [-0.05, 0) is 37.3 Å². The van der Waals surface area contributed by atoms with Crippen LogP contribution in [0.2, 0.25) is 0 Å². The molecule has 0 saturated carbocycles. The van der Waals surface area contributed by atoms with Gasteiger partial charge < -0.3 is 4.90 Å². The van der Waals surface area contributed by atoms with Gasteiger partial charge in [0, 0.05) is 29.4 Å². The number of fused-ring (bicyclic) bond motifs is 3. The van der Waals surface area contributed by atoms with E-state index in [0.29, 0.717) is 5.56 Å². The number of amides is 1. The predicted octanol–water partition coefficient (Wildman–Crippen LogP) is 4.46. The van der Waals surface area contributed by atoms with Crippen molar-refractivity contribution in [1.82, 2.24) is 14.9 Å². The summed E-state index contributed by atoms with van der Waals surface area (Å²) in [4.78, 5) is 25.4. The Balaban J connectivity index is 1.47. The average Bonchev–Trinajstić information content (AvgIpc) is 3.07. The first-order valence-electron chi connectivity index (χ1n) is 8.99. The van der Waals surface area contributed by atoms with E-state index in [2.05, 4.69) is 9.97 Å². The number of nitrogens with zero attached hydrogens (tertiary/aromatic N) is 3. The summed E-state index contributed by atoms with van der Waals surface area (Å²) >= 11 is 3.21. The van der Waals surface area contributed by atoms with Crippen molar-refractivity contribution < 1.29 is 9.18 Å². The highest BCUT2D eigenvalue weighted by molar-refractivity contribution is 8.00. The van der Waals surface area contributed by atoms with Gasteiger partial charge in [-0.15, -0.1) is 11.3 Å². The highest BCUT2D eigenvalue weighted by Gasteiger charge is 2.21. The highest BCUT2D eigenvalue weighted by Crippen LogP contribution is 2.39. The molecule has 0 radical (unpaired) electrons. The maximum Gasteiger partial charge on any atom is 0.233 e. The number of halogens is 1. The van der Waals surface area contributed by atoms with E-state index in [9.17, 15) is 9.18 Å². The zero-order chi connectivity index (χ0) is 18.8. The number of hydrogen-bond acceptors (Lipinski definition) is 5. The molecule has 2 aromatic heterocycles. The third kappa shape index (κ3) is 3.84. The Morgan fingerprint density at radius 1 is 1.26 bits per heavy atom. The molecule has 0 fully saturated rings. The first-order chi connectivity index (χ1) is 13.1. The topological polar surface area (TPSA) is 46.1 Å². The van der Waals surface area contributed by atoms with Crippen molar-refractivity contribution in [2.75, 3.05) is 12.8 Å². The SMILES string of the molecule is CN(Cc1ccccc1F)C(=O)CSc1ncnc2sc3c(c12)CCCC3. The fraction of sp³-hybridized carbons (Fsp3) is 0.350. The van der Waals surface area contributed by atoms with E-state index in [0.717, 1.165) is 28.1 Å². The van der Waals surface area contributed by atoms with Crippen LogP contribution >= 0.6 is 23.1 Å². The molecule has 0 bridgehead atoms. The molecule has 0 N–H and O–H groups in total. The fourth-order valence-electron chi connectivity index (χ4n) is 3.38. The zero-order valence-electron chi connectivity index (χ0n) is 15.1. The van der Waals surface area contributed by atoms with Gasteiger partial charge in [0.2, 0.25) is 5.91 Å². The molecule has 27 heavy (non-hydrogen) atoms. The second-order valence-electron chi connectivity index (χ2n) is 6.70. The van der Waals surface area contributed by atoms with E-state index >= 15 is 0 Å². The summed E-state index contributed by atoms with van der Waals surface area (Å²) in [6.07, 6.45) is 6.19. The Morgan fingerprint density at radius 3 is 2.93 bits per heavy atom. The third-order valence-corrected chi connectivity index (χ3v) is 7.01. The molecule has 0 unspecified atom stereocenters. The molecule has 0 aliphatic heterocycles. The van der Waals surface area contributed by atoms with Crippen LogP contribution in [0.3, 0.4) is 0 Å². The van der Waals surface area contributed by atoms with Gasteiger partial charge in [0.1, 0.15) is 22.0 Å². The highest BCUT2D eigenvalue weighted by atomic mass is 32.2. The number of thioether (sulfide) groups is 1. The Bertz CT molecular complexity index is 989. The van der Waals surface area contributed by atoms with Crippen LogP contribution in [0.4, 0.5) is 4.39 Å². The molecule has 0 spiro atoms. The Labute approximate surface area is 165 Å². The van der Waals surface area contributed by atoms with Gasteiger partial charge in [-0.1, -0.05) is 30.0 Å². The first kappa shape index (κ1) is 18.4. The van der Waals surface area contributed by atoms with E-state index < -0.39 is 0 Å². The van der Waals surface area contributed by atoms with Crippen molar-refractivity contribution in [3.63, 3.8) is 0 Å². The number of aromatic nitrogens is 2. The molecule has 1 aliphatic rings. The molecule has 3 aromatic rings. The van der Waals surface area contributed by atoms with Gasteiger partial charge >= 0.3 is 0 Å². The smallest absolute Gasteiger partial charge is 0.233 e. The predicted molar refractivity (Wildman–Crippen MR) is 108 cm³/mol. The molecule has 0 atom stereocenters. The molecule has 4 rings (SSSR count). The normalized spacial score (nSPS) is 13.6. The molecule has 7 heteroatoms. The third-order valence-electron chi connectivity index (χ3n) is 4.84. The quantitative estimate of drug-likeness (QED) is 0.468. The van der Waals surface area contributed by atoms with E-state index in [1.54, 1.807) is 47.8 Å². The summed E-state index contributed by atoms with van der Waals surface area (Å²) in [7, 11) is 1.71. The largest absolute Gasteiger partial charge is 0.341 e. The number of carbonyl (C=O) groups is 1. The number of aryl methyl sites for hydroxylation is 2. The van der Waals surface area contributed by atoms with Gasteiger partial charge in [-0.2, -0.15) is 0 Å². The molecule has 2 heterocycles. The van der Waals surface area contributed by atoms with Crippen LogP contribution in [-0.4, -0.2) is 33.6 Å². The van der Waals surface area contributed by atoms with Crippen LogP contribution in [0.15, 0.2) is 35.6 Å². The second-order valence-corrected chi connectivity index (χ2v) is 8.75. The number of rotatable bonds is 5. The molecule has 0 saturated heterocycles. The summed E-state index contributed by atoms with van der Waals surface area (Å²) in [6, 6.07) is 6.55. The molecule has 140 valence electrons. The Morgan fingerprint density at radius 2 is 2.07 bits per heavy atom. The summed E-state index contributed by atoms with van der Waals surface area (Å²) in [6.45, 7) is 0.263. The molecular formula is C20H20FN3OS2. The van der Waals surface area contributed by atoms with Crippen LogP contribution in [0.25, 0.3) is 10.2 Å². The van der Waals surface area contributed by atoms with Crippen LogP contribution in [-0.2, 0) is 24.2 Å². The van der Waals surface area contributed by atoms with Gasteiger partial charge in [0.05, 0.1) is 5.75 Å². The van der Waals surface area contributed by atoms with Crippen molar-refractivity contribution in [1.29, 1.82) is 0 Å². The molecular weight excluding hydrogens is 381 g/mol. The Kier molecular flexibility index (Phi) is 5.41. The van der Waals surface area contributed by atoms with E-state index in [4.69, 9.17) is 0 Å². The van der Waals surface area contributed by atoms with E-state index in [1.807, 2.05) is 0 Å². The molecule has 1 amide bonds. The molecule has 4 nitrogen and oxygen atoms in total. The van der Waals surface area contributed by atoms with Crippen LogP contribution in [0.5, 0.6) is 0 Å². The standard InChI is InChI=1S/C20H20FN3OS2/c1-24(10-13-6-2-4-8-15(13)21)17(25)11-26-19-18-14-7-3-5-9-16(14)27-20(18)23-12-22-19/h2,4,6,8,12H,3,5,7,9-11H2,1H3. The van der Waals surface area contributed by atoms with Gasteiger partial charge in [-0.25, -0.2) is 14.4 Å². The van der Waals surface area contributed by atoms with Crippen LogP contribution in [0, 0.1) is 5.82 Å². The number of carbonyl (C=O) groups excluding carboxylic acids is 1. The maximum absolute atomic E-state index is 13.8. The van der Waals surface area contributed by atoms with Gasteiger partial charge in [-0.3, -0.25) is 4.79 Å². The van der Waals surface area contributed by atoms with Crippen molar-refractivity contribution in [2.24, 2.45) is 0 Å². The zero-order valence-corrected chi connectivity index (χ0v) is 16.7. The summed E-state index contributed by atoms with van der Waals surface area (Å²) in [5.74, 6) is -0.0480. The lowest BCUT2D eigenvalue weighted by molar-refractivity contribution is -0.127. The van der Waals surface area contributed by atoms with Crippen molar-refractivity contribution >= 4 is 39.2 Å². The average molecular weight is 402 g/mol. The maximum atomic E-state index is 13.8. The summed E-state index contributed by atoms with van der Waals surface area (Å²) in [5.41, 5.74) is 1.89. The lowest BCUT2D eigenvalue weighted by Crippen LogP contribution is -2.28. The molecule has 1 aliphatic carbocycles. The lowest BCUT2D eigenvalue weighted by Gasteiger charge is -2.17. The van der Waals surface area contributed by atoms with Crippen molar-refractivity contribution in [2.45, 2.75) is 37.3 Å². The second kappa shape index (κ2) is 7.94. The summed E-state index contributed by atoms with van der Waals surface area (Å²) < 4.78 is 13.8. The first-order valence-corrected chi connectivity index (χ1v) is 10.8. The van der Waals surface area contributed by atoms with Crippen LogP contribution < -0.4 is 0 Å². The lowest BCUT2D eigenvalue weighted by atomic mass is 9.97. The van der Waals surface area contributed by atoms with Crippen molar-refractivity contribution in [3.05, 3.63) is 52.4 Å². The fourth-order valence-corrected chi connectivity index (χ4v) is 5.64. The van der Waals surface area contributed by atoms with E-state index in [1.165, 1.54) is 41.1 Å². The summed E-state index contributed by atoms with van der Waals surface area (Å²) in [5, 5.41) is 2.01. The minimum Gasteiger partial charge on any atom is -0.341 e. The minimum absolute atomic E-state index is 0.0425. The van der Waals surface area contributed by atoms with Gasteiger partial charge in [0.15, 0.2) is 0 Å². The number of hydrogen-bond donors (Lipinski definition) is 0. The van der Waals surface area contributed by atoms with Gasteiger partial charge in [0.25, 0.3) is 0 Å². The monoisotopic (exact) mass is 401 g/mol. The minimum atomic E-state index is -0.285. The Hall–Kier alpha value is -1.99. The number of benzene rings is 1. The van der Waals surface area contributed by atoms with Crippen LogP contribution in [0.1, 0.15) is 28.8 Å². The molecule has 1 aromatic carbocycles. The number of thiophene rings is 1. The van der Waals surface area contributed by atoms with E-state index in [-0.39, 0.29) is 24.0 Å². The van der Waals surface area contributed by atoms with Crippen molar-refractivity contribution in [3.8, 4) is 0 Å².